The van der Waals surface area contributed by atoms with Crippen molar-refractivity contribution in [3.63, 3.8) is 0 Å². The Morgan fingerprint density at radius 3 is 0.960 bits per heavy atom. The number of benzene rings is 10. The molecule has 0 N–H and O–H groups in total. The van der Waals surface area contributed by atoms with Gasteiger partial charge in [-0.1, -0.05) is 127 Å². The summed E-state index contributed by atoms with van der Waals surface area (Å²) in [5.41, 5.74) is 14.2. The molecule has 0 aliphatic carbocycles. The lowest BCUT2D eigenvalue weighted by atomic mass is 9.98. The number of hydrogen-bond acceptors (Lipinski definition) is 4. The highest BCUT2D eigenvalue weighted by Crippen LogP contribution is 2.44. The lowest BCUT2D eigenvalue weighted by Gasteiger charge is -2.19. The fourth-order valence-electron chi connectivity index (χ4n) is 10.3. The Hall–Kier alpha value is -11.3. The first-order chi connectivity index (χ1) is 36.8. The molecule has 0 aliphatic rings. The van der Waals surface area contributed by atoms with E-state index in [1.54, 1.807) is 60.7 Å². The van der Waals surface area contributed by atoms with E-state index in [4.69, 9.17) is 13.1 Å². The molecule has 0 fully saturated rings. The minimum Gasteiger partial charge on any atom is -0.308 e. The van der Waals surface area contributed by atoms with Gasteiger partial charge in [0.25, 0.3) is 0 Å². The van der Waals surface area contributed by atoms with Crippen molar-refractivity contribution in [2.24, 2.45) is 0 Å². The van der Waals surface area contributed by atoms with Crippen molar-refractivity contribution in [2.75, 3.05) is 0 Å². The monoisotopic (exact) mass is 956 g/mol. The van der Waals surface area contributed by atoms with Crippen molar-refractivity contribution in [1.82, 2.24) is 9.13 Å². The third-order valence-electron chi connectivity index (χ3n) is 14.0. The fourth-order valence-corrected chi connectivity index (χ4v) is 10.3. The molecule has 0 saturated heterocycles. The molecule has 12 aromatic rings. The molecule has 344 valence electrons. The van der Waals surface area contributed by atoms with Gasteiger partial charge < -0.3 is 9.13 Å². The fraction of sp³-hybridized carbons (Fsp3) is 0. The van der Waals surface area contributed by atoms with Gasteiger partial charge in [0.1, 0.15) is 17.4 Å². The van der Waals surface area contributed by atoms with E-state index in [9.17, 15) is 21.0 Å². The van der Waals surface area contributed by atoms with Crippen molar-refractivity contribution < 1.29 is 4.39 Å². The molecule has 2 aromatic heterocycles. The number of nitriles is 4. The Morgan fingerprint density at radius 2 is 0.653 bits per heavy atom. The van der Waals surface area contributed by atoms with E-state index in [0.29, 0.717) is 39.4 Å². The first kappa shape index (κ1) is 44.8. The zero-order chi connectivity index (χ0) is 51.3. The molecule has 0 amide bonds. The summed E-state index contributed by atoms with van der Waals surface area (Å²) in [6.07, 6.45) is 0. The van der Waals surface area contributed by atoms with Gasteiger partial charge in [-0.15, -0.1) is 0 Å². The summed E-state index contributed by atoms with van der Waals surface area (Å²) < 4.78 is 20.9. The molecule has 8 nitrogen and oxygen atoms in total. The Morgan fingerprint density at radius 1 is 0.333 bits per heavy atom. The Bertz CT molecular complexity index is 4150. The van der Waals surface area contributed by atoms with Gasteiger partial charge in [0.05, 0.1) is 81.5 Å². The first-order valence-corrected chi connectivity index (χ1v) is 23.7. The Kier molecular flexibility index (Phi) is 10.8. The van der Waals surface area contributed by atoms with E-state index in [0.717, 1.165) is 88.1 Å². The van der Waals surface area contributed by atoms with Crippen LogP contribution in [0.25, 0.3) is 120 Å². The van der Waals surface area contributed by atoms with Crippen LogP contribution in [0.1, 0.15) is 22.3 Å². The highest BCUT2D eigenvalue weighted by atomic mass is 19.1. The van der Waals surface area contributed by atoms with Crippen molar-refractivity contribution in [3.05, 3.63) is 251 Å². The molecule has 0 bridgehead atoms. The molecule has 0 radical (unpaired) electrons. The average molecular weight is 957 g/mol. The third kappa shape index (κ3) is 7.65. The SMILES string of the molecule is [C-]#[N+]c1ccc(-c2ccc3c4ccc(-c5ccc(C#N)cc5)cc4n(-c4cc(-c5ccc(C#N)cc5F)cc(-n5c6cc(-c7ccc(C#N)cc7)ccc6c6ccc(-c7ccc([N+]#[C-])cc7)cc65)c4C#N)c3c2)cc1. The van der Waals surface area contributed by atoms with Crippen LogP contribution < -0.4 is 0 Å². The van der Waals surface area contributed by atoms with E-state index >= 15 is 4.39 Å². The Balaban J connectivity index is 1.22. The maximum absolute atomic E-state index is 16.7. The van der Waals surface area contributed by atoms with Gasteiger partial charge in [0, 0.05) is 27.1 Å². The zero-order valence-electron chi connectivity index (χ0n) is 39.5. The molecule has 0 unspecified atom stereocenters. The average Bonchev–Trinajstić information content (AvgIpc) is 3.99. The van der Waals surface area contributed by atoms with Crippen LogP contribution in [0, 0.1) is 64.3 Å². The molecular weight excluding hydrogens is 924 g/mol. The molecule has 9 heteroatoms. The number of halogens is 1. The summed E-state index contributed by atoms with van der Waals surface area (Å²) in [6, 6.07) is 71.5. The smallest absolute Gasteiger partial charge is 0.187 e. The molecular formula is C66H33FN8. The summed E-state index contributed by atoms with van der Waals surface area (Å²) in [4.78, 5) is 7.21. The molecule has 0 aliphatic heterocycles. The number of rotatable bonds is 7. The summed E-state index contributed by atoms with van der Waals surface area (Å²) in [5.74, 6) is -0.610. The van der Waals surface area contributed by atoms with Gasteiger partial charge in [0.2, 0.25) is 0 Å². The summed E-state index contributed by atoms with van der Waals surface area (Å²) >= 11 is 0. The summed E-state index contributed by atoms with van der Waals surface area (Å²) in [7, 11) is 0. The number of fused-ring (bicyclic) bond motifs is 6. The van der Waals surface area contributed by atoms with E-state index < -0.39 is 5.82 Å². The van der Waals surface area contributed by atoms with Crippen LogP contribution in [-0.4, -0.2) is 9.13 Å². The van der Waals surface area contributed by atoms with Gasteiger partial charge >= 0.3 is 0 Å². The van der Waals surface area contributed by atoms with Crippen molar-refractivity contribution in [3.8, 4) is 91.3 Å². The van der Waals surface area contributed by atoms with Crippen molar-refractivity contribution >= 4 is 55.0 Å². The second kappa shape index (κ2) is 18.1. The quantitative estimate of drug-likeness (QED) is 0.148. The number of nitrogens with zero attached hydrogens (tertiary/aromatic N) is 8. The maximum atomic E-state index is 16.7. The normalized spacial score (nSPS) is 10.9. The molecule has 75 heavy (non-hydrogen) atoms. The minimum absolute atomic E-state index is 0.162. The largest absolute Gasteiger partial charge is 0.308 e. The third-order valence-corrected chi connectivity index (χ3v) is 14.0. The molecule has 0 saturated carbocycles. The van der Waals surface area contributed by atoms with E-state index in [1.807, 2.05) is 84.9 Å². The van der Waals surface area contributed by atoms with Gasteiger partial charge in [-0.3, -0.25) is 0 Å². The van der Waals surface area contributed by atoms with E-state index in [1.165, 1.54) is 6.07 Å². The summed E-state index contributed by atoms with van der Waals surface area (Å²) in [5, 5.41) is 44.6. The van der Waals surface area contributed by atoms with Crippen molar-refractivity contribution in [1.29, 1.82) is 21.0 Å². The molecule has 0 spiro atoms. The number of aromatic nitrogens is 2. The number of hydrogen-bond donors (Lipinski definition) is 0. The Labute approximate surface area is 430 Å². The second-order valence-corrected chi connectivity index (χ2v) is 18.1. The van der Waals surface area contributed by atoms with Crippen LogP contribution in [0.5, 0.6) is 0 Å². The predicted octanol–water partition coefficient (Wildman–Crippen LogP) is 16.9. The maximum Gasteiger partial charge on any atom is 0.187 e. The van der Waals surface area contributed by atoms with Crippen LogP contribution in [0.2, 0.25) is 0 Å². The van der Waals surface area contributed by atoms with Gasteiger partial charge in [-0.2, -0.15) is 21.0 Å². The van der Waals surface area contributed by atoms with Crippen molar-refractivity contribution in [2.45, 2.75) is 0 Å². The van der Waals surface area contributed by atoms with Crippen LogP contribution in [0.15, 0.2) is 200 Å². The zero-order valence-corrected chi connectivity index (χ0v) is 39.5. The lowest BCUT2D eigenvalue weighted by Crippen LogP contribution is -2.06. The first-order valence-electron chi connectivity index (χ1n) is 23.7. The predicted molar refractivity (Wildman–Crippen MR) is 294 cm³/mol. The van der Waals surface area contributed by atoms with Gasteiger partial charge in [0.15, 0.2) is 11.4 Å². The standard InChI is InChI=1S/C66H33FN8/c1-72-52-20-12-45(13-21-52)49-18-27-57-55-25-16-47(43-8-3-40(36-68)4-9-43)30-61(55)74(63(57)32-49)65-34-51(54-24-7-42(38-70)29-60(54)67)35-66(59(65)39-71)75-62-31-48(44-10-5-41(37-69)6-11-44)17-26-56(62)58-28-19-50(33-64(58)75)46-14-22-53(73-2)23-15-46/h3-35H. The van der Waals surface area contributed by atoms with Crippen LogP contribution in [0.3, 0.4) is 0 Å². The van der Waals surface area contributed by atoms with Crippen LogP contribution in [0.4, 0.5) is 15.8 Å². The van der Waals surface area contributed by atoms with Gasteiger partial charge in [-0.05, 0) is 123 Å². The second-order valence-electron chi connectivity index (χ2n) is 18.1. The summed E-state index contributed by atoms with van der Waals surface area (Å²) in [6.45, 7) is 15.1. The molecule has 0 atom stereocenters. The minimum atomic E-state index is -0.610. The van der Waals surface area contributed by atoms with Crippen LogP contribution in [-0.2, 0) is 0 Å². The molecule has 10 aromatic carbocycles. The lowest BCUT2D eigenvalue weighted by molar-refractivity contribution is 0.631. The highest BCUT2D eigenvalue weighted by molar-refractivity contribution is 6.13. The van der Waals surface area contributed by atoms with E-state index in [-0.39, 0.29) is 16.7 Å². The van der Waals surface area contributed by atoms with E-state index in [2.05, 4.69) is 91.6 Å². The highest BCUT2D eigenvalue weighted by Gasteiger charge is 2.25. The molecule has 12 rings (SSSR count). The van der Waals surface area contributed by atoms with Gasteiger partial charge in [-0.25, -0.2) is 14.1 Å². The topological polar surface area (TPSA) is 114 Å². The molecule has 2 heterocycles. The van der Waals surface area contributed by atoms with Crippen LogP contribution >= 0.6 is 0 Å².